The summed E-state index contributed by atoms with van der Waals surface area (Å²) in [5, 5.41) is 3.37. The van der Waals surface area contributed by atoms with Crippen LogP contribution in [0.25, 0.3) is 0 Å². The lowest BCUT2D eigenvalue weighted by Gasteiger charge is -2.31. The molecule has 0 saturated carbocycles. The van der Waals surface area contributed by atoms with Gasteiger partial charge in [0.1, 0.15) is 5.82 Å². The first-order valence-electron chi connectivity index (χ1n) is 10.2. The number of hydrogen-bond acceptors (Lipinski definition) is 5. The highest BCUT2D eigenvalue weighted by atomic mass is 32.1. The number of carbonyl (C=O) groups excluding carboxylic acids is 1. The molecule has 2 aromatic rings. The molecule has 1 saturated heterocycles. The van der Waals surface area contributed by atoms with E-state index in [0.717, 1.165) is 69.0 Å². The number of nitrogens with one attached hydrogen (secondary N) is 1. The molecule has 1 fully saturated rings. The number of aromatic nitrogens is 2. The van der Waals surface area contributed by atoms with Crippen LogP contribution in [-0.2, 0) is 25.8 Å². The highest BCUT2D eigenvalue weighted by molar-refractivity contribution is 7.14. The number of likely N-dealkylation sites (tertiary alicyclic amines) is 1. The lowest BCUT2D eigenvalue weighted by Crippen LogP contribution is -2.38. The number of piperidine rings is 1. The molecule has 1 aliphatic carbocycles. The molecule has 0 bridgehead atoms. The Hall–Kier alpha value is -1.79. The van der Waals surface area contributed by atoms with E-state index in [0.29, 0.717) is 5.92 Å². The van der Waals surface area contributed by atoms with Gasteiger partial charge in [0.15, 0.2) is 0 Å². The van der Waals surface area contributed by atoms with Crippen molar-refractivity contribution in [1.82, 2.24) is 20.2 Å². The van der Waals surface area contributed by atoms with E-state index < -0.39 is 0 Å². The first kappa shape index (κ1) is 17.3. The van der Waals surface area contributed by atoms with Gasteiger partial charge in [-0.15, -0.1) is 11.3 Å². The van der Waals surface area contributed by atoms with E-state index in [4.69, 9.17) is 4.98 Å². The predicted molar refractivity (Wildman–Crippen MR) is 106 cm³/mol. The molecule has 142 valence electrons. The number of fused-ring (bicyclic) bond motifs is 2. The Kier molecular flexibility index (Phi) is 4.70. The van der Waals surface area contributed by atoms with Crippen LogP contribution in [-0.4, -0.2) is 40.4 Å². The van der Waals surface area contributed by atoms with Crippen molar-refractivity contribution < 1.29 is 4.79 Å². The number of amides is 1. The van der Waals surface area contributed by atoms with Gasteiger partial charge in [0.25, 0.3) is 5.91 Å². The van der Waals surface area contributed by atoms with Gasteiger partial charge in [-0.05, 0) is 50.2 Å². The summed E-state index contributed by atoms with van der Waals surface area (Å²) in [6, 6.07) is 2.16. The van der Waals surface area contributed by atoms with Gasteiger partial charge in [0, 0.05) is 60.8 Å². The molecule has 4 heterocycles. The van der Waals surface area contributed by atoms with Crippen LogP contribution >= 0.6 is 11.3 Å². The minimum Gasteiger partial charge on any atom is -0.338 e. The Morgan fingerprint density at radius 3 is 2.85 bits per heavy atom. The summed E-state index contributed by atoms with van der Waals surface area (Å²) in [4.78, 5) is 26.9. The number of aryl methyl sites for hydroxylation is 2. The van der Waals surface area contributed by atoms with Crippen LogP contribution in [0.1, 0.15) is 68.8 Å². The smallest absolute Gasteiger partial charge is 0.263 e. The van der Waals surface area contributed by atoms with Crippen molar-refractivity contribution in [2.24, 2.45) is 0 Å². The molecule has 0 radical (unpaired) electrons. The van der Waals surface area contributed by atoms with E-state index in [1.165, 1.54) is 34.5 Å². The van der Waals surface area contributed by atoms with Gasteiger partial charge in [0.2, 0.25) is 0 Å². The number of carbonyl (C=O) groups is 1. The van der Waals surface area contributed by atoms with Crippen LogP contribution in [0.2, 0.25) is 0 Å². The van der Waals surface area contributed by atoms with Gasteiger partial charge < -0.3 is 10.2 Å². The molecule has 2 aliphatic heterocycles. The lowest BCUT2D eigenvalue weighted by molar-refractivity contribution is 0.0716. The minimum atomic E-state index is 0.227. The van der Waals surface area contributed by atoms with Gasteiger partial charge in [-0.1, -0.05) is 0 Å². The zero-order valence-electron chi connectivity index (χ0n) is 15.7. The predicted octanol–water partition coefficient (Wildman–Crippen LogP) is 3.08. The molecule has 6 heteroatoms. The Balaban J connectivity index is 1.25. The van der Waals surface area contributed by atoms with E-state index in [1.54, 1.807) is 11.3 Å². The van der Waals surface area contributed by atoms with Gasteiger partial charge in [0.05, 0.1) is 4.88 Å². The molecule has 3 aliphatic rings. The fourth-order valence-electron chi connectivity index (χ4n) is 4.54. The molecule has 5 rings (SSSR count). The summed E-state index contributed by atoms with van der Waals surface area (Å²) in [6.45, 7) is 3.51. The maximum Gasteiger partial charge on any atom is 0.263 e. The maximum atomic E-state index is 13.0. The van der Waals surface area contributed by atoms with Crippen LogP contribution in [0.5, 0.6) is 0 Å². The van der Waals surface area contributed by atoms with E-state index in [9.17, 15) is 4.79 Å². The van der Waals surface area contributed by atoms with Crippen molar-refractivity contribution >= 4 is 17.2 Å². The monoisotopic (exact) mass is 382 g/mol. The number of hydrogen-bond donors (Lipinski definition) is 1. The van der Waals surface area contributed by atoms with Crippen LogP contribution in [0, 0.1) is 0 Å². The molecule has 0 spiro atoms. The third-order valence-electron chi connectivity index (χ3n) is 6.18. The normalized spacial score (nSPS) is 20.2. The fraction of sp³-hybridized carbons (Fsp3) is 0.571. The van der Waals surface area contributed by atoms with Crippen LogP contribution < -0.4 is 5.32 Å². The van der Waals surface area contributed by atoms with Gasteiger partial charge in [-0.2, -0.15) is 0 Å². The summed E-state index contributed by atoms with van der Waals surface area (Å²) < 4.78 is 0. The van der Waals surface area contributed by atoms with E-state index in [1.807, 2.05) is 11.1 Å². The Bertz CT molecular complexity index is 830. The molecule has 0 atom stereocenters. The third kappa shape index (κ3) is 3.41. The lowest BCUT2D eigenvalue weighted by atomic mass is 9.95. The quantitative estimate of drug-likeness (QED) is 0.867. The summed E-state index contributed by atoms with van der Waals surface area (Å²) >= 11 is 1.73. The van der Waals surface area contributed by atoms with Crippen LogP contribution in [0.4, 0.5) is 0 Å². The Morgan fingerprint density at radius 1 is 1.15 bits per heavy atom. The largest absolute Gasteiger partial charge is 0.338 e. The fourth-order valence-corrected chi connectivity index (χ4v) is 5.76. The Morgan fingerprint density at radius 2 is 2.00 bits per heavy atom. The van der Waals surface area contributed by atoms with Crippen molar-refractivity contribution in [1.29, 1.82) is 0 Å². The number of thiophene rings is 1. The van der Waals surface area contributed by atoms with Gasteiger partial charge >= 0.3 is 0 Å². The molecular formula is C21H26N4OS. The molecular weight excluding hydrogens is 356 g/mol. The van der Waals surface area contributed by atoms with E-state index in [2.05, 4.69) is 16.4 Å². The van der Waals surface area contributed by atoms with Gasteiger partial charge in [-0.25, -0.2) is 9.97 Å². The standard InChI is InChI=1S/C21H26N4OS/c26-21(19-11-15-3-1-2-4-18(15)27-19)25-9-6-14(7-10-25)20-23-13-16-12-22-8-5-17(16)24-20/h11,13-14,22H,1-10,12H2. The first-order valence-corrected chi connectivity index (χ1v) is 11.1. The minimum absolute atomic E-state index is 0.227. The average molecular weight is 383 g/mol. The molecule has 2 aromatic heterocycles. The summed E-state index contributed by atoms with van der Waals surface area (Å²) in [5.74, 6) is 1.59. The van der Waals surface area contributed by atoms with Crippen LogP contribution in [0.15, 0.2) is 12.3 Å². The second-order valence-electron chi connectivity index (χ2n) is 7.96. The summed E-state index contributed by atoms with van der Waals surface area (Å²) in [6.07, 6.45) is 9.75. The van der Waals surface area contributed by atoms with Gasteiger partial charge in [-0.3, -0.25) is 4.79 Å². The van der Waals surface area contributed by atoms with Crippen molar-refractivity contribution in [2.45, 2.75) is 57.4 Å². The number of nitrogens with zero attached hydrogens (tertiary/aromatic N) is 3. The molecule has 0 unspecified atom stereocenters. The Labute approximate surface area is 164 Å². The van der Waals surface area contributed by atoms with Crippen molar-refractivity contribution in [3.05, 3.63) is 44.7 Å². The molecule has 0 aromatic carbocycles. The number of rotatable bonds is 2. The average Bonchev–Trinajstić information content (AvgIpc) is 3.17. The van der Waals surface area contributed by atoms with Crippen molar-refractivity contribution in [3.63, 3.8) is 0 Å². The maximum absolute atomic E-state index is 13.0. The zero-order chi connectivity index (χ0) is 18.2. The molecule has 27 heavy (non-hydrogen) atoms. The first-order chi connectivity index (χ1) is 13.3. The third-order valence-corrected chi connectivity index (χ3v) is 7.41. The topological polar surface area (TPSA) is 58.1 Å². The SMILES string of the molecule is O=C(c1cc2c(s1)CCCC2)N1CCC(c2ncc3c(n2)CCNC3)CC1. The van der Waals surface area contributed by atoms with E-state index in [-0.39, 0.29) is 5.91 Å². The summed E-state index contributed by atoms with van der Waals surface area (Å²) in [7, 11) is 0. The highest BCUT2D eigenvalue weighted by Crippen LogP contribution is 2.32. The van der Waals surface area contributed by atoms with Crippen molar-refractivity contribution in [3.8, 4) is 0 Å². The molecule has 1 amide bonds. The summed E-state index contributed by atoms with van der Waals surface area (Å²) in [5.41, 5.74) is 3.86. The van der Waals surface area contributed by atoms with Crippen LogP contribution in [0.3, 0.4) is 0 Å². The second kappa shape index (κ2) is 7.32. The van der Waals surface area contributed by atoms with E-state index >= 15 is 0 Å². The highest BCUT2D eigenvalue weighted by Gasteiger charge is 2.28. The molecule has 5 nitrogen and oxygen atoms in total. The second-order valence-corrected chi connectivity index (χ2v) is 9.10. The molecule has 1 N–H and O–H groups in total. The zero-order valence-corrected chi connectivity index (χ0v) is 16.5. The van der Waals surface area contributed by atoms with Crippen molar-refractivity contribution in [2.75, 3.05) is 19.6 Å².